The SMILES string of the molecule is Cc1nc2ccc(NC(=O)OC(C)(C)C)cc2c(=O)n1Cc1ccc(Cl)cc1. The number of hydrogen-bond donors (Lipinski definition) is 1. The van der Waals surface area contributed by atoms with Crippen molar-refractivity contribution < 1.29 is 9.53 Å². The average Bonchev–Trinajstić information content (AvgIpc) is 2.59. The molecular weight excluding hydrogens is 378 g/mol. The van der Waals surface area contributed by atoms with Gasteiger partial charge in [0.25, 0.3) is 5.56 Å². The van der Waals surface area contributed by atoms with E-state index in [0.29, 0.717) is 34.0 Å². The second kappa shape index (κ2) is 7.64. The van der Waals surface area contributed by atoms with E-state index in [0.717, 1.165) is 5.56 Å². The van der Waals surface area contributed by atoms with Crippen LogP contribution in [0.25, 0.3) is 10.9 Å². The molecule has 0 saturated carbocycles. The van der Waals surface area contributed by atoms with Crippen molar-refractivity contribution in [2.75, 3.05) is 5.32 Å². The summed E-state index contributed by atoms with van der Waals surface area (Å²) in [5.74, 6) is 0.611. The zero-order valence-corrected chi connectivity index (χ0v) is 17.0. The van der Waals surface area contributed by atoms with Gasteiger partial charge >= 0.3 is 6.09 Å². The number of halogens is 1. The van der Waals surface area contributed by atoms with Gasteiger partial charge in [0, 0.05) is 10.7 Å². The van der Waals surface area contributed by atoms with Crippen LogP contribution in [0.5, 0.6) is 0 Å². The Labute approximate surface area is 168 Å². The first-order valence-electron chi connectivity index (χ1n) is 8.88. The van der Waals surface area contributed by atoms with E-state index in [-0.39, 0.29) is 5.56 Å². The zero-order valence-electron chi connectivity index (χ0n) is 16.2. The van der Waals surface area contributed by atoms with Crippen LogP contribution in [0.2, 0.25) is 5.02 Å². The van der Waals surface area contributed by atoms with Crippen LogP contribution in [0.1, 0.15) is 32.2 Å². The summed E-state index contributed by atoms with van der Waals surface area (Å²) >= 11 is 5.93. The number of anilines is 1. The van der Waals surface area contributed by atoms with E-state index in [1.807, 2.05) is 12.1 Å². The van der Waals surface area contributed by atoms with Crippen LogP contribution in [0.4, 0.5) is 10.5 Å². The van der Waals surface area contributed by atoms with E-state index in [4.69, 9.17) is 16.3 Å². The summed E-state index contributed by atoms with van der Waals surface area (Å²) in [4.78, 5) is 29.6. The molecule has 3 rings (SSSR count). The zero-order chi connectivity index (χ0) is 20.5. The van der Waals surface area contributed by atoms with Crippen molar-refractivity contribution in [1.29, 1.82) is 0 Å². The minimum atomic E-state index is -0.606. The quantitative estimate of drug-likeness (QED) is 0.689. The van der Waals surface area contributed by atoms with Gasteiger partial charge in [-0.15, -0.1) is 0 Å². The van der Waals surface area contributed by atoms with Gasteiger partial charge in [-0.1, -0.05) is 23.7 Å². The number of nitrogens with zero attached hydrogens (tertiary/aromatic N) is 2. The number of ether oxygens (including phenoxy) is 1. The molecule has 1 N–H and O–H groups in total. The van der Waals surface area contributed by atoms with Crippen LogP contribution in [0, 0.1) is 6.92 Å². The van der Waals surface area contributed by atoms with Crippen LogP contribution < -0.4 is 10.9 Å². The van der Waals surface area contributed by atoms with Crippen molar-refractivity contribution in [3.8, 4) is 0 Å². The number of nitrogens with one attached hydrogen (secondary N) is 1. The third kappa shape index (κ3) is 4.70. The molecule has 6 nitrogen and oxygen atoms in total. The Balaban J connectivity index is 1.95. The number of carbonyl (C=O) groups is 1. The van der Waals surface area contributed by atoms with Gasteiger partial charge in [0.2, 0.25) is 0 Å². The van der Waals surface area contributed by atoms with E-state index in [1.165, 1.54) is 0 Å². The van der Waals surface area contributed by atoms with Gasteiger partial charge in [-0.2, -0.15) is 0 Å². The standard InChI is InChI=1S/C21H22ClN3O3/c1-13-23-18-10-9-16(24-20(27)28-21(2,3)4)11-17(18)19(26)25(13)12-14-5-7-15(22)8-6-14/h5-11H,12H2,1-4H3,(H,24,27). The highest BCUT2D eigenvalue weighted by molar-refractivity contribution is 6.30. The number of aryl methyl sites for hydroxylation is 1. The molecule has 0 fully saturated rings. The Morgan fingerprint density at radius 1 is 1.18 bits per heavy atom. The highest BCUT2D eigenvalue weighted by Crippen LogP contribution is 2.18. The first kappa shape index (κ1) is 19.9. The van der Waals surface area contributed by atoms with Crippen molar-refractivity contribution in [1.82, 2.24) is 9.55 Å². The number of benzene rings is 2. The van der Waals surface area contributed by atoms with Gasteiger partial charge in [-0.05, 0) is 63.6 Å². The van der Waals surface area contributed by atoms with Crippen LogP contribution in [0.3, 0.4) is 0 Å². The molecule has 0 bridgehead atoms. The van der Waals surface area contributed by atoms with Crippen LogP contribution in [0.15, 0.2) is 47.3 Å². The minimum absolute atomic E-state index is 0.176. The fourth-order valence-corrected chi connectivity index (χ4v) is 2.92. The predicted octanol–water partition coefficient (Wildman–Crippen LogP) is 4.75. The molecule has 0 saturated heterocycles. The predicted molar refractivity (Wildman–Crippen MR) is 111 cm³/mol. The lowest BCUT2D eigenvalue weighted by molar-refractivity contribution is 0.0636. The van der Waals surface area contributed by atoms with Gasteiger partial charge < -0.3 is 4.74 Å². The molecule has 0 aliphatic rings. The Bertz CT molecular complexity index is 1080. The van der Waals surface area contributed by atoms with Crippen molar-refractivity contribution in [3.05, 3.63) is 69.2 Å². The molecular formula is C21H22ClN3O3. The van der Waals surface area contributed by atoms with Gasteiger partial charge in [0.05, 0.1) is 17.4 Å². The first-order valence-corrected chi connectivity index (χ1v) is 9.26. The lowest BCUT2D eigenvalue weighted by Crippen LogP contribution is -2.27. The number of hydrogen-bond acceptors (Lipinski definition) is 4. The summed E-state index contributed by atoms with van der Waals surface area (Å²) in [7, 11) is 0. The Morgan fingerprint density at radius 3 is 2.50 bits per heavy atom. The third-order valence-electron chi connectivity index (χ3n) is 4.04. The first-order chi connectivity index (χ1) is 13.1. The molecule has 0 aliphatic heterocycles. The summed E-state index contributed by atoms with van der Waals surface area (Å²) in [5, 5.41) is 3.72. The molecule has 2 aromatic carbocycles. The molecule has 0 radical (unpaired) electrons. The average molecular weight is 400 g/mol. The summed E-state index contributed by atoms with van der Waals surface area (Å²) in [5.41, 5.74) is 1.21. The molecule has 1 amide bonds. The van der Waals surface area contributed by atoms with Gasteiger partial charge in [0.15, 0.2) is 0 Å². The van der Waals surface area contributed by atoms with Gasteiger partial charge in [-0.25, -0.2) is 9.78 Å². The largest absolute Gasteiger partial charge is 0.444 e. The van der Waals surface area contributed by atoms with E-state index in [9.17, 15) is 9.59 Å². The summed E-state index contributed by atoms with van der Waals surface area (Å²) in [6, 6.07) is 12.3. The molecule has 146 valence electrons. The highest BCUT2D eigenvalue weighted by Gasteiger charge is 2.17. The number of carbonyl (C=O) groups excluding carboxylic acids is 1. The van der Waals surface area contributed by atoms with E-state index in [1.54, 1.807) is 62.6 Å². The minimum Gasteiger partial charge on any atom is -0.444 e. The number of aromatic nitrogens is 2. The molecule has 0 spiro atoms. The second-order valence-electron chi connectivity index (χ2n) is 7.54. The third-order valence-corrected chi connectivity index (χ3v) is 4.30. The maximum atomic E-state index is 13.0. The van der Waals surface area contributed by atoms with Crippen molar-refractivity contribution in [2.24, 2.45) is 0 Å². The highest BCUT2D eigenvalue weighted by atomic mass is 35.5. The number of fused-ring (bicyclic) bond motifs is 1. The summed E-state index contributed by atoms with van der Waals surface area (Å²) in [6.07, 6.45) is -0.576. The lowest BCUT2D eigenvalue weighted by atomic mass is 10.2. The molecule has 3 aromatic rings. The Kier molecular flexibility index (Phi) is 5.42. The molecule has 28 heavy (non-hydrogen) atoms. The summed E-state index contributed by atoms with van der Waals surface area (Å²) in [6.45, 7) is 7.54. The topological polar surface area (TPSA) is 73.2 Å². The lowest BCUT2D eigenvalue weighted by Gasteiger charge is -2.19. The fraction of sp³-hybridized carbons (Fsp3) is 0.286. The van der Waals surface area contributed by atoms with Crippen LogP contribution >= 0.6 is 11.6 Å². The van der Waals surface area contributed by atoms with Gasteiger partial charge in [0.1, 0.15) is 11.4 Å². The molecule has 0 aliphatic carbocycles. The van der Waals surface area contributed by atoms with Crippen molar-refractivity contribution in [2.45, 2.75) is 39.8 Å². The Morgan fingerprint density at radius 2 is 1.86 bits per heavy atom. The molecule has 7 heteroatoms. The monoisotopic (exact) mass is 399 g/mol. The van der Waals surface area contributed by atoms with Crippen LogP contribution in [-0.4, -0.2) is 21.2 Å². The van der Waals surface area contributed by atoms with E-state index < -0.39 is 11.7 Å². The fourth-order valence-electron chi connectivity index (χ4n) is 2.79. The number of amides is 1. The number of rotatable bonds is 3. The molecule has 1 aromatic heterocycles. The maximum absolute atomic E-state index is 13.0. The van der Waals surface area contributed by atoms with Crippen LogP contribution in [-0.2, 0) is 11.3 Å². The molecule has 0 unspecified atom stereocenters. The smallest absolute Gasteiger partial charge is 0.412 e. The van der Waals surface area contributed by atoms with Crippen molar-refractivity contribution in [3.63, 3.8) is 0 Å². The normalized spacial score (nSPS) is 11.5. The van der Waals surface area contributed by atoms with E-state index in [2.05, 4.69) is 10.3 Å². The molecule has 0 atom stereocenters. The summed E-state index contributed by atoms with van der Waals surface area (Å²) < 4.78 is 6.86. The maximum Gasteiger partial charge on any atom is 0.412 e. The van der Waals surface area contributed by atoms with Crippen molar-refractivity contribution >= 4 is 34.3 Å². The van der Waals surface area contributed by atoms with E-state index >= 15 is 0 Å². The van der Waals surface area contributed by atoms with Gasteiger partial charge in [-0.3, -0.25) is 14.7 Å². The Hall–Kier alpha value is -2.86. The second-order valence-corrected chi connectivity index (χ2v) is 7.97. The molecule has 1 heterocycles.